The molecule has 0 aliphatic heterocycles. The minimum atomic E-state index is -0.0921. The normalized spacial score (nSPS) is 11.2. The fourth-order valence-corrected chi connectivity index (χ4v) is 3.07. The van der Waals surface area contributed by atoms with E-state index in [4.69, 9.17) is 0 Å². The third kappa shape index (κ3) is 10.2. The number of hydrogen-bond acceptors (Lipinski definition) is 4. The van der Waals surface area contributed by atoms with E-state index < -0.39 is 0 Å². The highest BCUT2D eigenvalue weighted by Gasteiger charge is 2.02. The van der Waals surface area contributed by atoms with Crippen molar-refractivity contribution in [1.82, 2.24) is 10.9 Å². The number of benzene rings is 2. The molecule has 0 aliphatic carbocycles. The molecule has 2 aromatic rings. The van der Waals surface area contributed by atoms with Crippen LogP contribution in [0.5, 0.6) is 0 Å². The summed E-state index contributed by atoms with van der Waals surface area (Å²) < 4.78 is 0. The molecule has 6 heteroatoms. The second-order valence-corrected chi connectivity index (χ2v) is 7.69. The van der Waals surface area contributed by atoms with Gasteiger partial charge in [0.2, 0.25) is 11.8 Å². The number of hydrazone groups is 2. The van der Waals surface area contributed by atoms with E-state index in [2.05, 4.69) is 59.2 Å². The summed E-state index contributed by atoms with van der Waals surface area (Å²) in [4.78, 5) is 23.7. The van der Waals surface area contributed by atoms with Crippen LogP contribution < -0.4 is 10.9 Å². The highest BCUT2D eigenvalue weighted by Crippen LogP contribution is 2.06. The molecule has 0 unspecified atom stereocenters. The van der Waals surface area contributed by atoms with Gasteiger partial charge < -0.3 is 0 Å². The van der Waals surface area contributed by atoms with Gasteiger partial charge in [0.15, 0.2) is 0 Å². The van der Waals surface area contributed by atoms with E-state index in [0.717, 1.165) is 49.7 Å². The van der Waals surface area contributed by atoms with E-state index in [-0.39, 0.29) is 11.8 Å². The van der Waals surface area contributed by atoms with Crippen molar-refractivity contribution in [3.05, 3.63) is 70.8 Å². The van der Waals surface area contributed by atoms with Crippen LogP contribution in [0.2, 0.25) is 0 Å². The molecular weight excluding hydrogens is 400 g/mol. The summed E-state index contributed by atoms with van der Waals surface area (Å²) in [6.07, 6.45) is 9.52. The van der Waals surface area contributed by atoms with Crippen molar-refractivity contribution in [3.63, 3.8) is 0 Å². The molecule has 0 saturated carbocycles. The van der Waals surface area contributed by atoms with Crippen LogP contribution in [0.25, 0.3) is 0 Å². The van der Waals surface area contributed by atoms with Gasteiger partial charge in [0, 0.05) is 12.8 Å². The van der Waals surface area contributed by atoms with E-state index in [1.54, 1.807) is 12.4 Å². The third-order valence-corrected chi connectivity index (χ3v) is 5.14. The number of carbonyl (C=O) groups excluding carboxylic acids is 2. The van der Waals surface area contributed by atoms with E-state index >= 15 is 0 Å². The minimum absolute atomic E-state index is 0.0921. The first-order chi connectivity index (χ1) is 15.6. The average molecular weight is 435 g/mol. The van der Waals surface area contributed by atoms with Crippen LogP contribution in [0.15, 0.2) is 58.7 Å². The molecule has 0 radical (unpaired) electrons. The quantitative estimate of drug-likeness (QED) is 0.271. The van der Waals surface area contributed by atoms with Crippen LogP contribution in [-0.4, -0.2) is 24.2 Å². The molecule has 2 N–H and O–H groups in total. The summed E-state index contributed by atoms with van der Waals surface area (Å²) in [5.74, 6) is -0.184. The van der Waals surface area contributed by atoms with Gasteiger partial charge in [-0.15, -0.1) is 0 Å². The lowest BCUT2D eigenvalue weighted by Gasteiger charge is -2.02. The highest BCUT2D eigenvalue weighted by molar-refractivity contribution is 5.83. The molecule has 0 aliphatic rings. The lowest BCUT2D eigenvalue weighted by molar-refractivity contribution is -0.122. The molecule has 6 nitrogen and oxygen atoms in total. The maximum atomic E-state index is 11.8. The SMILES string of the molecule is CCc1ccc(C=NNC(=O)CCCCCCC(=O)NN=Cc2ccc(CC)cc2)cc1. The average Bonchev–Trinajstić information content (AvgIpc) is 2.82. The van der Waals surface area contributed by atoms with Crippen LogP contribution in [0.4, 0.5) is 0 Å². The van der Waals surface area contributed by atoms with E-state index in [9.17, 15) is 9.59 Å². The number of carbonyl (C=O) groups is 2. The Morgan fingerprint density at radius 1 is 0.656 bits per heavy atom. The second kappa shape index (κ2) is 14.7. The van der Waals surface area contributed by atoms with Crippen LogP contribution in [-0.2, 0) is 22.4 Å². The van der Waals surface area contributed by atoms with Gasteiger partial charge in [0.25, 0.3) is 0 Å². The predicted octanol–water partition coefficient (Wildman–Crippen LogP) is 4.75. The first kappa shape index (κ1) is 25.0. The predicted molar refractivity (Wildman–Crippen MR) is 131 cm³/mol. The largest absolute Gasteiger partial charge is 0.273 e. The van der Waals surface area contributed by atoms with Crippen molar-refractivity contribution in [1.29, 1.82) is 0 Å². The molecule has 2 aromatic carbocycles. The molecule has 170 valence electrons. The molecule has 0 spiro atoms. The summed E-state index contributed by atoms with van der Waals surface area (Å²) in [5.41, 5.74) is 9.58. The topological polar surface area (TPSA) is 82.9 Å². The highest BCUT2D eigenvalue weighted by atomic mass is 16.2. The second-order valence-electron chi connectivity index (χ2n) is 7.69. The van der Waals surface area contributed by atoms with Crippen molar-refractivity contribution in [2.75, 3.05) is 0 Å². The molecule has 0 fully saturated rings. The number of hydrogen-bond donors (Lipinski definition) is 2. The van der Waals surface area contributed by atoms with Crippen molar-refractivity contribution in [2.45, 2.75) is 65.2 Å². The molecule has 2 amide bonds. The summed E-state index contributed by atoms with van der Waals surface area (Å²) in [7, 11) is 0. The zero-order valence-corrected chi connectivity index (χ0v) is 19.1. The number of nitrogens with one attached hydrogen (secondary N) is 2. The lowest BCUT2D eigenvalue weighted by atomic mass is 10.1. The van der Waals surface area contributed by atoms with Gasteiger partial charge in [-0.2, -0.15) is 10.2 Å². The molecule has 0 saturated heterocycles. The number of aryl methyl sites for hydroxylation is 2. The summed E-state index contributed by atoms with van der Waals surface area (Å²) in [6, 6.07) is 16.2. The van der Waals surface area contributed by atoms with E-state index in [0.29, 0.717) is 12.8 Å². The smallest absolute Gasteiger partial charge is 0.240 e. The summed E-state index contributed by atoms with van der Waals surface area (Å²) in [5, 5.41) is 8.01. The number of nitrogens with zero attached hydrogens (tertiary/aromatic N) is 2. The van der Waals surface area contributed by atoms with Gasteiger partial charge >= 0.3 is 0 Å². The molecule has 0 atom stereocenters. The van der Waals surface area contributed by atoms with Crippen LogP contribution >= 0.6 is 0 Å². The van der Waals surface area contributed by atoms with Crippen LogP contribution in [0.1, 0.15) is 74.6 Å². The Morgan fingerprint density at radius 2 is 1.03 bits per heavy atom. The van der Waals surface area contributed by atoms with Crippen molar-refractivity contribution >= 4 is 24.2 Å². The Kier molecular flexibility index (Phi) is 11.5. The maximum absolute atomic E-state index is 11.8. The number of amides is 2. The molecule has 0 heterocycles. The Bertz CT molecular complexity index is 812. The Balaban J connectivity index is 1.50. The fourth-order valence-electron chi connectivity index (χ4n) is 3.07. The third-order valence-electron chi connectivity index (χ3n) is 5.14. The van der Waals surface area contributed by atoms with Crippen molar-refractivity contribution in [3.8, 4) is 0 Å². The van der Waals surface area contributed by atoms with Gasteiger partial charge in [0.05, 0.1) is 12.4 Å². The number of rotatable bonds is 13. The fraction of sp³-hybridized carbons (Fsp3) is 0.385. The van der Waals surface area contributed by atoms with Gasteiger partial charge in [-0.05, 0) is 47.9 Å². The molecule has 2 rings (SSSR count). The summed E-state index contributed by atoms with van der Waals surface area (Å²) in [6.45, 7) is 4.22. The molecule has 32 heavy (non-hydrogen) atoms. The lowest BCUT2D eigenvalue weighted by Crippen LogP contribution is -2.17. The van der Waals surface area contributed by atoms with Crippen molar-refractivity contribution < 1.29 is 9.59 Å². The zero-order chi connectivity index (χ0) is 23.0. The van der Waals surface area contributed by atoms with E-state index in [1.807, 2.05) is 24.3 Å². The molecule has 0 aromatic heterocycles. The van der Waals surface area contributed by atoms with Gasteiger partial charge in [0.1, 0.15) is 0 Å². The van der Waals surface area contributed by atoms with Gasteiger partial charge in [-0.1, -0.05) is 75.2 Å². The monoisotopic (exact) mass is 434 g/mol. The van der Waals surface area contributed by atoms with Gasteiger partial charge in [-0.3, -0.25) is 9.59 Å². The minimum Gasteiger partial charge on any atom is -0.273 e. The van der Waals surface area contributed by atoms with E-state index in [1.165, 1.54) is 11.1 Å². The summed E-state index contributed by atoms with van der Waals surface area (Å²) >= 11 is 0. The Hall–Kier alpha value is -3.28. The zero-order valence-electron chi connectivity index (χ0n) is 19.1. The first-order valence-electron chi connectivity index (χ1n) is 11.4. The Morgan fingerprint density at radius 3 is 1.38 bits per heavy atom. The number of unbranched alkanes of at least 4 members (excludes halogenated alkanes) is 3. The standard InChI is InChI=1S/C26H34N4O2/c1-3-21-11-15-23(16-12-21)19-27-29-25(31)9-7-5-6-8-10-26(32)30-28-20-24-17-13-22(4-2)14-18-24/h11-20H,3-10H2,1-2H3,(H,29,31)(H,30,32). The molecule has 0 bridgehead atoms. The first-order valence-corrected chi connectivity index (χ1v) is 11.4. The van der Waals surface area contributed by atoms with Crippen LogP contribution in [0.3, 0.4) is 0 Å². The van der Waals surface area contributed by atoms with Crippen LogP contribution in [0, 0.1) is 0 Å². The Labute approximate surface area is 191 Å². The maximum Gasteiger partial charge on any atom is 0.240 e. The van der Waals surface area contributed by atoms with Gasteiger partial charge in [-0.25, -0.2) is 10.9 Å². The van der Waals surface area contributed by atoms with Crippen molar-refractivity contribution in [2.24, 2.45) is 10.2 Å². The molecular formula is C26H34N4O2.